The first-order chi connectivity index (χ1) is 9.84. The number of aliphatic carboxylic acids is 1. The van der Waals surface area contributed by atoms with Crippen LogP contribution in [0.2, 0.25) is 0 Å². The molecule has 8 heteroatoms. The molecule has 0 saturated heterocycles. The van der Waals surface area contributed by atoms with E-state index in [0.29, 0.717) is 25.7 Å². The molecule has 0 radical (unpaired) electrons. The Morgan fingerprint density at radius 2 is 1.38 bits per heavy atom. The Hall–Kier alpha value is -1.86. The lowest BCUT2D eigenvalue weighted by Crippen LogP contribution is -2.39. The van der Waals surface area contributed by atoms with Gasteiger partial charge < -0.3 is 10.0 Å². The average Bonchev–Trinajstić information content (AvgIpc) is 2.95. The van der Waals surface area contributed by atoms with Crippen LogP contribution in [0.4, 0.5) is 27.6 Å². The van der Waals surface area contributed by atoms with E-state index in [-0.39, 0.29) is 0 Å². The first-order valence-corrected chi connectivity index (χ1v) is 6.34. The van der Waals surface area contributed by atoms with Crippen molar-refractivity contribution in [1.29, 1.82) is 0 Å². The molecule has 1 fully saturated rings. The molecular weight excluding hydrogens is 297 g/mol. The van der Waals surface area contributed by atoms with E-state index in [1.165, 1.54) is 0 Å². The van der Waals surface area contributed by atoms with Crippen molar-refractivity contribution >= 4 is 11.7 Å². The first-order valence-electron chi connectivity index (χ1n) is 6.34. The lowest BCUT2D eigenvalue weighted by molar-refractivity contribution is -0.135. The molecule has 0 unspecified atom stereocenters. The fourth-order valence-corrected chi connectivity index (χ4v) is 2.60. The molecule has 0 amide bonds. The normalized spacial score (nSPS) is 15.5. The topological polar surface area (TPSA) is 40.5 Å². The van der Waals surface area contributed by atoms with E-state index in [9.17, 15) is 26.7 Å². The second-order valence-electron chi connectivity index (χ2n) is 4.88. The van der Waals surface area contributed by atoms with Crippen LogP contribution < -0.4 is 4.90 Å². The molecule has 116 valence electrons. The highest BCUT2D eigenvalue weighted by Crippen LogP contribution is 2.35. The van der Waals surface area contributed by atoms with E-state index in [2.05, 4.69) is 0 Å². The van der Waals surface area contributed by atoms with E-state index < -0.39 is 53.3 Å². The Morgan fingerprint density at radius 1 is 0.952 bits per heavy atom. The second kappa shape index (κ2) is 5.87. The zero-order chi connectivity index (χ0) is 15.7. The van der Waals surface area contributed by atoms with E-state index >= 15 is 0 Å². The van der Waals surface area contributed by atoms with Gasteiger partial charge in [-0.05, 0) is 12.8 Å². The zero-order valence-corrected chi connectivity index (χ0v) is 10.8. The number of hydrogen-bond acceptors (Lipinski definition) is 2. The number of nitrogens with zero attached hydrogens (tertiary/aromatic N) is 1. The van der Waals surface area contributed by atoms with Crippen LogP contribution in [0.1, 0.15) is 25.7 Å². The van der Waals surface area contributed by atoms with E-state index in [0.717, 1.165) is 4.90 Å². The number of carbonyl (C=O) groups is 1. The van der Waals surface area contributed by atoms with Gasteiger partial charge in [-0.15, -0.1) is 0 Å². The van der Waals surface area contributed by atoms with Crippen molar-refractivity contribution in [1.82, 2.24) is 0 Å². The number of anilines is 1. The van der Waals surface area contributed by atoms with Crippen molar-refractivity contribution in [2.75, 3.05) is 11.4 Å². The van der Waals surface area contributed by atoms with E-state index in [1.807, 2.05) is 0 Å². The van der Waals surface area contributed by atoms with Gasteiger partial charge in [0.2, 0.25) is 5.82 Å². The van der Waals surface area contributed by atoms with Crippen molar-refractivity contribution in [2.24, 2.45) is 0 Å². The summed E-state index contributed by atoms with van der Waals surface area (Å²) in [6, 6.07) is -0.561. The molecular formula is C13H12F5NO2. The van der Waals surface area contributed by atoms with Crippen molar-refractivity contribution in [2.45, 2.75) is 31.7 Å². The highest BCUT2D eigenvalue weighted by Gasteiger charge is 2.34. The molecule has 0 aliphatic heterocycles. The van der Waals surface area contributed by atoms with Gasteiger partial charge in [0.15, 0.2) is 23.3 Å². The van der Waals surface area contributed by atoms with Crippen molar-refractivity contribution in [3.63, 3.8) is 0 Å². The summed E-state index contributed by atoms with van der Waals surface area (Å²) in [7, 11) is 0. The van der Waals surface area contributed by atoms with Crippen LogP contribution >= 0.6 is 0 Å². The molecule has 0 atom stereocenters. The van der Waals surface area contributed by atoms with Gasteiger partial charge in [-0.3, -0.25) is 4.79 Å². The molecule has 0 spiro atoms. The maximum atomic E-state index is 13.8. The zero-order valence-electron chi connectivity index (χ0n) is 10.8. The van der Waals surface area contributed by atoms with Crippen LogP contribution in [0.25, 0.3) is 0 Å². The summed E-state index contributed by atoms with van der Waals surface area (Å²) in [5, 5.41) is 8.83. The predicted molar refractivity (Wildman–Crippen MR) is 63.5 cm³/mol. The van der Waals surface area contributed by atoms with Gasteiger partial charge in [0, 0.05) is 6.04 Å². The molecule has 21 heavy (non-hydrogen) atoms. The molecule has 2 rings (SSSR count). The number of hydrogen-bond donors (Lipinski definition) is 1. The largest absolute Gasteiger partial charge is 0.480 e. The van der Waals surface area contributed by atoms with Crippen LogP contribution in [0.3, 0.4) is 0 Å². The second-order valence-corrected chi connectivity index (χ2v) is 4.88. The van der Waals surface area contributed by atoms with Crippen LogP contribution in [0.15, 0.2) is 0 Å². The smallest absolute Gasteiger partial charge is 0.323 e. The third-order valence-corrected chi connectivity index (χ3v) is 3.54. The summed E-state index contributed by atoms with van der Waals surface area (Å²) in [5.41, 5.74) is -1.17. The molecule has 1 N–H and O–H groups in total. The molecule has 1 saturated carbocycles. The minimum Gasteiger partial charge on any atom is -0.480 e. The minimum atomic E-state index is -2.25. The molecule has 1 aliphatic rings. The Labute approximate surface area is 117 Å². The molecule has 0 heterocycles. The molecule has 3 nitrogen and oxygen atoms in total. The van der Waals surface area contributed by atoms with Gasteiger partial charge in [0.05, 0.1) is 0 Å². The van der Waals surface area contributed by atoms with E-state index in [4.69, 9.17) is 5.11 Å². The average molecular weight is 309 g/mol. The van der Waals surface area contributed by atoms with Gasteiger partial charge in [0.25, 0.3) is 0 Å². The van der Waals surface area contributed by atoms with Crippen molar-refractivity contribution in [3.05, 3.63) is 29.1 Å². The summed E-state index contributed by atoms with van der Waals surface area (Å²) >= 11 is 0. The summed E-state index contributed by atoms with van der Waals surface area (Å²) in [6.07, 6.45) is 2.28. The summed E-state index contributed by atoms with van der Waals surface area (Å²) < 4.78 is 67.1. The maximum absolute atomic E-state index is 13.8. The first kappa shape index (κ1) is 15.5. The Kier molecular flexibility index (Phi) is 4.34. The molecule has 1 aromatic carbocycles. The van der Waals surface area contributed by atoms with Crippen LogP contribution in [-0.2, 0) is 4.79 Å². The maximum Gasteiger partial charge on any atom is 0.323 e. The number of carboxylic acids is 1. The molecule has 0 bridgehead atoms. The van der Waals surface area contributed by atoms with Gasteiger partial charge >= 0.3 is 5.97 Å². The standard InChI is InChI=1S/C13H12F5NO2/c14-8-9(15)11(17)13(12(18)10(8)16)19(5-7(20)21)6-3-1-2-4-6/h6H,1-5H2,(H,20,21). The summed E-state index contributed by atoms with van der Waals surface area (Å²) in [4.78, 5) is 11.6. The van der Waals surface area contributed by atoms with Crippen molar-refractivity contribution < 1.29 is 31.9 Å². The van der Waals surface area contributed by atoms with E-state index in [1.54, 1.807) is 0 Å². The summed E-state index contributed by atoms with van der Waals surface area (Å²) in [6.45, 7) is -0.830. The van der Waals surface area contributed by atoms with Gasteiger partial charge in [-0.2, -0.15) is 0 Å². The Bertz CT molecular complexity index is 543. The highest BCUT2D eigenvalue weighted by molar-refractivity contribution is 5.74. The predicted octanol–water partition coefficient (Wildman–Crippen LogP) is 3.22. The fourth-order valence-electron chi connectivity index (χ4n) is 2.60. The number of carboxylic acid groups (broad SMARTS) is 1. The van der Waals surface area contributed by atoms with Gasteiger partial charge in [-0.1, -0.05) is 12.8 Å². The third-order valence-electron chi connectivity index (χ3n) is 3.54. The van der Waals surface area contributed by atoms with Crippen LogP contribution in [-0.4, -0.2) is 23.7 Å². The van der Waals surface area contributed by atoms with Crippen LogP contribution in [0, 0.1) is 29.1 Å². The number of benzene rings is 1. The fraction of sp³-hybridized carbons (Fsp3) is 0.462. The molecule has 1 aliphatic carbocycles. The lowest BCUT2D eigenvalue weighted by Gasteiger charge is -2.30. The summed E-state index contributed by atoms with van der Waals surface area (Å²) in [5.74, 6) is -11.8. The van der Waals surface area contributed by atoms with Gasteiger partial charge in [-0.25, -0.2) is 22.0 Å². The molecule has 0 aromatic heterocycles. The monoisotopic (exact) mass is 309 g/mol. The van der Waals surface area contributed by atoms with Crippen molar-refractivity contribution in [3.8, 4) is 0 Å². The molecule has 1 aromatic rings. The Balaban J connectivity index is 2.56. The Morgan fingerprint density at radius 3 is 1.81 bits per heavy atom. The lowest BCUT2D eigenvalue weighted by atomic mass is 10.1. The number of halogens is 5. The number of rotatable bonds is 4. The van der Waals surface area contributed by atoms with Gasteiger partial charge in [0.1, 0.15) is 12.2 Å². The van der Waals surface area contributed by atoms with Crippen LogP contribution in [0.5, 0.6) is 0 Å². The SMILES string of the molecule is O=C(O)CN(c1c(F)c(F)c(F)c(F)c1F)C1CCCC1. The third kappa shape index (κ3) is 2.79. The minimum absolute atomic E-state index is 0.437. The highest BCUT2D eigenvalue weighted by atomic mass is 19.2. The quantitative estimate of drug-likeness (QED) is 0.527.